The van der Waals surface area contributed by atoms with Gasteiger partial charge in [-0.05, 0) is 16.7 Å². The molecule has 37 heavy (non-hydrogen) atoms. The average Bonchev–Trinajstić information content (AvgIpc) is 2.97. The molecule has 198 valence electrons. The third-order valence-corrected chi connectivity index (χ3v) is 6.53. The van der Waals surface area contributed by atoms with E-state index in [1.807, 2.05) is 91.0 Å². The van der Waals surface area contributed by atoms with Crippen LogP contribution in [0.4, 0.5) is 0 Å². The Labute approximate surface area is 219 Å². The van der Waals surface area contributed by atoms with Crippen molar-refractivity contribution in [1.29, 1.82) is 0 Å². The molecule has 0 N–H and O–H groups in total. The van der Waals surface area contributed by atoms with Crippen molar-refractivity contribution >= 4 is 5.97 Å². The lowest BCUT2D eigenvalue weighted by Gasteiger charge is -2.39. The number of hydrogen-bond acceptors (Lipinski definition) is 7. The van der Waals surface area contributed by atoms with E-state index in [4.69, 9.17) is 28.4 Å². The summed E-state index contributed by atoms with van der Waals surface area (Å²) in [4.78, 5) is 12.4. The molecule has 0 aliphatic carbocycles. The smallest absolute Gasteiger partial charge is 0.337 e. The SMILES string of the molecule is COC(=O)[C@H](OC)[C@@H](OC)[C@@H](OC)[C@@H](COC(c1ccccc1)(c1ccccc1)c1ccccc1)OC. The number of carbonyl (C=O) groups excluding carboxylic acids is 1. The fourth-order valence-corrected chi connectivity index (χ4v) is 4.68. The van der Waals surface area contributed by atoms with E-state index in [0.29, 0.717) is 0 Å². The van der Waals surface area contributed by atoms with Gasteiger partial charge in [0.25, 0.3) is 0 Å². The highest BCUT2D eigenvalue weighted by molar-refractivity contribution is 5.75. The van der Waals surface area contributed by atoms with Gasteiger partial charge in [-0.25, -0.2) is 4.79 Å². The minimum Gasteiger partial charge on any atom is -0.467 e. The fourth-order valence-electron chi connectivity index (χ4n) is 4.68. The fraction of sp³-hybridized carbons (Fsp3) is 0.367. The summed E-state index contributed by atoms with van der Waals surface area (Å²) < 4.78 is 34.5. The van der Waals surface area contributed by atoms with Gasteiger partial charge >= 0.3 is 5.97 Å². The van der Waals surface area contributed by atoms with Gasteiger partial charge < -0.3 is 28.4 Å². The van der Waals surface area contributed by atoms with Crippen molar-refractivity contribution in [3.63, 3.8) is 0 Å². The molecule has 3 aromatic carbocycles. The Balaban J connectivity index is 2.06. The van der Waals surface area contributed by atoms with Crippen LogP contribution in [0.15, 0.2) is 91.0 Å². The number of esters is 1. The van der Waals surface area contributed by atoms with E-state index in [-0.39, 0.29) is 6.61 Å². The maximum absolute atomic E-state index is 12.4. The first-order valence-electron chi connectivity index (χ1n) is 12.1. The second-order valence-electron chi connectivity index (χ2n) is 8.44. The molecule has 0 saturated carbocycles. The Morgan fingerprint density at radius 1 is 0.622 bits per heavy atom. The van der Waals surface area contributed by atoms with Crippen LogP contribution in [0, 0.1) is 0 Å². The second-order valence-corrected chi connectivity index (χ2v) is 8.44. The van der Waals surface area contributed by atoms with Gasteiger partial charge in [0.1, 0.15) is 23.9 Å². The van der Waals surface area contributed by atoms with Gasteiger partial charge in [-0.3, -0.25) is 0 Å². The zero-order valence-corrected chi connectivity index (χ0v) is 22.0. The van der Waals surface area contributed by atoms with Crippen molar-refractivity contribution in [3.05, 3.63) is 108 Å². The maximum atomic E-state index is 12.4. The van der Waals surface area contributed by atoms with Gasteiger partial charge in [-0.1, -0.05) is 91.0 Å². The van der Waals surface area contributed by atoms with Crippen LogP contribution in [-0.2, 0) is 38.8 Å². The quantitative estimate of drug-likeness (QED) is 0.238. The molecule has 4 atom stereocenters. The zero-order valence-electron chi connectivity index (χ0n) is 22.0. The molecule has 0 saturated heterocycles. The molecule has 0 aromatic heterocycles. The highest BCUT2D eigenvalue weighted by Crippen LogP contribution is 2.40. The molecule has 0 amide bonds. The molecular formula is C30H36O7. The first-order valence-corrected chi connectivity index (χ1v) is 12.1. The molecule has 0 unspecified atom stereocenters. The largest absolute Gasteiger partial charge is 0.467 e. The number of benzene rings is 3. The molecule has 3 aromatic rings. The molecule has 0 heterocycles. The molecule has 0 spiro atoms. The van der Waals surface area contributed by atoms with Crippen molar-refractivity contribution in [2.24, 2.45) is 0 Å². The van der Waals surface area contributed by atoms with E-state index >= 15 is 0 Å². The van der Waals surface area contributed by atoms with Crippen molar-refractivity contribution in [2.45, 2.75) is 30.0 Å². The molecular weight excluding hydrogens is 472 g/mol. The van der Waals surface area contributed by atoms with Gasteiger partial charge in [0.2, 0.25) is 0 Å². The number of rotatable bonds is 14. The van der Waals surface area contributed by atoms with E-state index in [9.17, 15) is 4.79 Å². The average molecular weight is 509 g/mol. The Morgan fingerprint density at radius 3 is 1.38 bits per heavy atom. The maximum Gasteiger partial charge on any atom is 0.337 e. The van der Waals surface area contributed by atoms with Gasteiger partial charge in [0, 0.05) is 28.4 Å². The third-order valence-electron chi connectivity index (χ3n) is 6.53. The Bertz CT molecular complexity index is 962. The third kappa shape index (κ3) is 6.26. The zero-order chi connectivity index (χ0) is 26.7. The molecule has 0 radical (unpaired) electrons. The van der Waals surface area contributed by atoms with Crippen molar-refractivity contribution < 1.29 is 33.2 Å². The topological polar surface area (TPSA) is 72.5 Å². The highest BCUT2D eigenvalue weighted by atomic mass is 16.6. The summed E-state index contributed by atoms with van der Waals surface area (Å²) in [5.74, 6) is -0.570. The van der Waals surface area contributed by atoms with E-state index in [0.717, 1.165) is 16.7 Å². The van der Waals surface area contributed by atoms with Crippen molar-refractivity contribution in [3.8, 4) is 0 Å². The molecule has 7 heteroatoms. The van der Waals surface area contributed by atoms with E-state index in [1.54, 1.807) is 7.11 Å². The summed E-state index contributed by atoms with van der Waals surface area (Å²) in [7, 11) is 7.31. The monoisotopic (exact) mass is 508 g/mol. The molecule has 3 rings (SSSR count). The lowest BCUT2D eigenvalue weighted by atomic mass is 9.80. The van der Waals surface area contributed by atoms with Gasteiger partial charge in [-0.15, -0.1) is 0 Å². The highest BCUT2D eigenvalue weighted by Gasteiger charge is 2.43. The van der Waals surface area contributed by atoms with Gasteiger partial charge in [0.15, 0.2) is 6.10 Å². The van der Waals surface area contributed by atoms with Crippen LogP contribution in [0.3, 0.4) is 0 Å². The van der Waals surface area contributed by atoms with Crippen LogP contribution in [0.5, 0.6) is 0 Å². The van der Waals surface area contributed by atoms with Crippen molar-refractivity contribution in [2.75, 3.05) is 42.2 Å². The van der Waals surface area contributed by atoms with E-state index in [2.05, 4.69) is 0 Å². The molecule has 0 fully saturated rings. The summed E-state index contributed by atoms with van der Waals surface area (Å²) in [5, 5.41) is 0. The van der Waals surface area contributed by atoms with Crippen LogP contribution in [-0.4, -0.2) is 72.5 Å². The lowest BCUT2D eigenvalue weighted by molar-refractivity contribution is -0.186. The number of carbonyl (C=O) groups is 1. The summed E-state index contributed by atoms with van der Waals surface area (Å²) >= 11 is 0. The van der Waals surface area contributed by atoms with Gasteiger partial charge in [0.05, 0.1) is 13.7 Å². The minimum absolute atomic E-state index is 0.116. The second kappa shape index (κ2) is 14.0. The van der Waals surface area contributed by atoms with Crippen molar-refractivity contribution in [1.82, 2.24) is 0 Å². The van der Waals surface area contributed by atoms with Crippen LogP contribution < -0.4 is 0 Å². The van der Waals surface area contributed by atoms with Crippen LogP contribution >= 0.6 is 0 Å². The van der Waals surface area contributed by atoms with E-state index < -0.39 is 36.0 Å². The number of ether oxygens (including phenoxy) is 6. The summed E-state index contributed by atoms with van der Waals surface area (Å²) in [6.07, 6.45) is -3.15. The van der Waals surface area contributed by atoms with Crippen LogP contribution in [0.1, 0.15) is 16.7 Å². The Hall–Kier alpha value is -3.07. The molecule has 7 nitrogen and oxygen atoms in total. The first-order chi connectivity index (χ1) is 18.1. The normalized spacial score (nSPS) is 14.9. The lowest BCUT2D eigenvalue weighted by Crippen LogP contribution is -2.53. The predicted molar refractivity (Wildman–Crippen MR) is 140 cm³/mol. The summed E-state index contributed by atoms with van der Waals surface area (Å²) in [6.45, 7) is 0.116. The Morgan fingerprint density at radius 2 is 1.05 bits per heavy atom. The minimum atomic E-state index is -1.01. The first kappa shape index (κ1) is 28.5. The summed E-state index contributed by atoms with van der Waals surface area (Å²) in [6, 6.07) is 30.2. The molecule has 0 bridgehead atoms. The predicted octanol–water partition coefficient (Wildman–Crippen LogP) is 4.23. The van der Waals surface area contributed by atoms with E-state index in [1.165, 1.54) is 28.4 Å². The van der Waals surface area contributed by atoms with Crippen LogP contribution in [0.2, 0.25) is 0 Å². The Kier molecular flexibility index (Phi) is 10.8. The molecule has 0 aliphatic rings. The van der Waals surface area contributed by atoms with Crippen LogP contribution in [0.25, 0.3) is 0 Å². The van der Waals surface area contributed by atoms with Gasteiger partial charge in [-0.2, -0.15) is 0 Å². The molecule has 0 aliphatic heterocycles. The number of methoxy groups -OCH3 is 5. The standard InChI is InChI=1S/C30H36O7/c1-32-25(26(33-2)27(34-3)28(35-4)29(31)36-5)21-37-30(22-15-9-6-10-16-22,23-17-11-7-12-18-23)24-19-13-8-14-20-24/h6-20,25-28H,21H2,1-5H3/t25-,26+,27+,28-/m1/s1. The summed E-state index contributed by atoms with van der Waals surface area (Å²) in [5.41, 5.74) is 1.95. The number of hydrogen-bond donors (Lipinski definition) is 0.